The summed E-state index contributed by atoms with van der Waals surface area (Å²) in [5.41, 5.74) is 1.38. The van der Waals surface area contributed by atoms with E-state index in [-0.39, 0.29) is 6.10 Å². The summed E-state index contributed by atoms with van der Waals surface area (Å²) in [4.78, 5) is 2.60. The van der Waals surface area contributed by atoms with Gasteiger partial charge >= 0.3 is 0 Å². The minimum absolute atomic E-state index is 0.287. The van der Waals surface area contributed by atoms with Crippen molar-refractivity contribution in [3.63, 3.8) is 0 Å². The standard InChI is InChI=1S/C19H28N2O2/c1-2-19(22-11-1)14-23-18-7-3-15(4-8-18)12-21-10-9-16-5-6-17(13-21)20-16/h3-4,7-8,16-17,19-20H,1-2,5-6,9-14H2. The lowest BCUT2D eigenvalue weighted by atomic mass is 10.1. The molecule has 0 radical (unpaired) electrons. The maximum absolute atomic E-state index is 5.85. The third-order valence-corrected chi connectivity index (χ3v) is 5.40. The van der Waals surface area contributed by atoms with E-state index in [4.69, 9.17) is 9.47 Å². The zero-order chi connectivity index (χ0) is 15.5. The molecule has 3 heterocycles. The summed E-state index contributed by atoms with van der Waals surface area (Å²) in [6.45, 7) is 5.02. The van der Waals surface area contributed by atoms with E-state index in [2.05, 4.69) is 34.5 Å². The van der Waals surface area contributed by atoms with Gasteiger partial charge in [0.1, 0.15) is 12.4 Å². The topological polar surface area (TPSA) is 33.7 Å². The Hall–Kier alpha value is -1.10. The number of rotatable bonds is 5. The molecule has 4 rings (SSSR count). The van der Waals surface area contributed by atoms with E-state index in [9.17, 15) is 0 Å². The summed E-state index contributed by atoms with van der Waals surface area (Å²) in [5.74, 6) is 0.959. The molecule has 3 aliphatic rings. The summed E-state index contributed by atoms with van der Waals surface area (Å²) < 4.78 is 11.4. The lowest BCUT2D eigenvalue weighted by Gasteiger charge is -2.24. The molecule has 0 amide bonds. The van der Waals surface area contributed by atoms with Crippen LogP contribution in [0.4, 0.5) is 0 Å². The van der Waals surface area contributed by atoms with Gasteiger partial charge in [-0.05, 0) is 49.8 Å². The molecule has 0 spiro atoms. The molecule has 2 bridgehead atoms. The lowest BCUT2D eigenvalue weighted by molar-refractivity contribution is 0.0679. The fraction of sp³-hybridized carbons (Fsp3) is 0.684. The number of benzene rings is 1. The zero-order valence-corrected chi connectivity index (χ0v) is 13.9. The first-order valence-corrected chi connectivity index (χ1v) is 9.17. The Bertz CT molecular complexity index is 499. The van der Waals surface area contributed by atoms with E-state index in [1.165, 1.54) is 44.3 Å². The van der Waals surface area contributed by atoms with Crippen LogP contribution in [0.1, 0.15) is 37.7 Å². The highest BCUT2D eigenvalue weighted by molar-refractivity contribution is 5.27. The second kappa shape index (κ2) is 7.20. The number of hydrogen-bond acceptors (Lipinski definition) is 4. The SMILES string of the molecule is c1cc(OCC2CCCO2)ccc1CN1CCC2CCC(C1)N2. The third-order valence-electron chi connectivity index (χ3n) is 5.40. The van der Waals surface area contributed by atoms with Crippen molar-refractivity contribution in [1.82, 2.24) is 10.2 Å². The Morgan fingerprint density at radius 3 is 2.78 bits per heavy atom. The molecular formula is C19H28N2O2. The molecule has 4 nitrogen and oxygen atoms in total. The average molecular weight is 316 g/mol. The number of likely N-dealkylation sites (tertiary alicyclic amines) is 1. The van der Waals surface area contributed by atoms with Crippen LogP contribution in [-0.4, -0.2) is 49.4 Å². The molecule has 3 aliphatic heterocycles. The van der Waals surface area contributed by atoms with Crippen molar-refractivity contribution in [3.05, 3.63) is 29.8 Å². The van der Waals surface area contributed by atoms with E-state index >= 15 is 0 Å². The second-order valence-corrected chi connectivity index (χ2v) is 7.25. The number of nitrogens with one attached hydrogen (secondary N) is 1. The number of fused-ring (bicyclic) bond motifs is 2. The molecule has 3 saturated heterocycles. The summed E-state index contributed by atoms with van der Waals surface area (Å²) in [6, 6.07) is 10.1. The summed E-state index contributed by atoms with van der Waals surface area (Å²) >= 11 is 0. The first-order chi connectivity index (χ1) is 11.3. The first kappa shape index (κ1) is 15.4. The average Bonchev–Trinajstić information content (AvgIpc) is 3.19. The largest absolute Gasteiger partial charge is 0.491 e. The van der Waals surface area contributed by atoms with Crippen molar-refractivity contribution in [3.8, 4) is 5.75 Å². The van der Waals surface area contributed by atoms with Gasteiger partial charge in [0.15, 0.2) is 0 Å². The van der Waals surface area contributed by atoms with E-state index in [0.29, 0.717) is 12.6 Å². The van der Waals surface area contributed by atoms with Gasteiger partial charge in [0.25, 0.3) is 0 Å². The van der Waals surface area contributed by atoms with Crippen LogP contribution in [0.2, 0.25) is 0 Å². The van der Waals surface area contributed by atoms with Crippen molar-refractivity contribution in [1.29, 1.82) is 0 Å². The molecule has 1 aromatic carbocycles. The molecule has 0 saturated carbocycles. The Kier molecular flexibility index (Phi) is 4.83. The van der Waals surface area contributed by atoms with Crippen molar-refractivity contribution < 1.29 is 9.47 Å². The molecule has 0 aliphatic carbocycles. The highest BCUT2D eigenvalue weighted by Crippen LogP contribution is 2.22. The molecule has 1 N–H and O–H groups in total. The second-order valence-electron chi connectivity index (χ2n) is 7.25. The fourth-order valence-electron chi connectivity index (χ4n) is 4.07. The smallest absolute Gasteiger partial charge is 0.119 e. The van der Waals surface area contributed by atoms with Crippen molar-refractivity contribution >= 4 is 0 Å². The fourth-order valence-corrected chi connectivity index (χ4v) is 4.07. The predicted octanol–water partition coefficient (Wildman–Crippen LogP) is 2.57. The Morgan fingerprint density at radius 2 is 1.96 bits per heavy atom. The molecule has 0 aromatic heterocycles. The van der Waals surface area contributed by atoms with Gasteiger partial charge < -0.3 is 14.8 Å². The van der Waals surface area contributed by atoms with Gasteiger partial charge in [0, 0.05) is 38.3 Å². The van der Waals surface area contributed by atoms with Crippen LogP contribution in [0.3, 0.4) is 0 Å². The predicted molar refractivity (Wildman–Crippen MR) is 90.8 cm³/mol. The third kappa shape index (κ3) is 4.06. The van der Waals surface area contributed by atoms with Crippen molar-refractivity contribution in [2.45, 2.75) is 56.8 Å². The Labute approximate surface area is 139 Å². The van der Waals surface area contributed by atoms with Gasteiger partial charge in [-0.2, -0.15) is 0 Å². The zero-order valence-electron chi connectivity index (χ0n) is 13.9. The van der Waals surface area contributed by atoms with Crippen LogP contribution >= 0.6 is 0 Å². The molecule has 3 atom stereocenters. The van der Waals surface area contributed by atoms with E-state index < -0.39 is 0 Å². The van der Waals surface area contributed by atoms with Gasteiger partial charge in [-0.15, -0.1) is 0 Å². The first-order valence-electron chi connectivity index (χ1n) is 9.17. The molecule has 23 heavy (non-hydrogen) atoms. The van der Waals surface area contributed by atoms with Crippen molar-refractivity contribution in [2.24, 2.45) is 0 Å². The van der Waals surface area contributed by atoms with Gasteiger partial charge in [-0.25, -0.2) is 0 Å². The van der Waals surface area contributed by atoms with E-state index in [1.807, 2.05) is 0 Å². The van der Waals surface area contributed by atoms with E-state index in [0.717, 1.165) is 31.4 Å². The molecular weight excluding hydrogens is 288 g/mol. The summed E-state index contributed by atoms with van der Waals surface area (Å²) in [6.07, 6.45) is 6.59. The minimum atomic E-state index is 0.287. The molecule has 3 unspecified atom stereocenters. The van der Waals surface area contributed by atoms with Gasteiger partial charge in [0.2, 0.25) is 0 Å². The number of ether oxygens (including phenoxy) is 2. The monoisotopic (exact) mass is 316 g/mol. The Morgan fingerprint density at radius 1 is 1.09 bits per heavy atom. The number of hydrogen-bond donors (Lipinski definition) is 1. The quantitative estimate of drug-likeness (QED) is 0.905. The Balaban J connectivity index is 1.27. The normalized spacial score (nSPS) is 31.2. The molecule has 126 valence electrons. The maximum Gasteiger partial charge on any atom is 0.119 e. The van der Waals surface area contributed by atoms with Crippen molar-refractivity contribution in [2.75, 3.05) is 26.3 Å². The van der Waals surface area contributed by atoms with Crippen LogP contribution in [0.5, 0.6) is 5.75 Å². The van der Waals surface area contributed by atoms with Crippen LogP contribution in [0, 0.1) is 0 Å². The van der Waals surface area contributed by atoms with Gasteiger partial charge in [-0.3, -0.25) is 4.90 Å². The lowest BCUT2D eigenvalue weighted by Crippen LogP contribution is -2.34. The highest BCUT2D eigenvalue weighted by Gasteiger charge is 2.29. The number of nitrogens with zero attached hydrogens (tertiary/aromatic N) is 1. The van der Waals surface area contributed by atoms with Gasteiger partial charge in [-0.1, -0.05) is 12.1 Å². The van der Waals surface area contributed by atoms with Gasteiger partial charge in [0.05, 0.1) is 6.10 Å². The van der Waals surface area contributed by atoms with E-state index in [1.54, 1.807) is 0 Å². The molecule has 3 fully saturated rings. The summed E-state index contributed by atoms with van der Waals surface area (Å²) in [5, 5.41) is 3.75. The summed E-state index contributed by atoms with van der Waals surface area (Å²) in [7, 11) is 0. The van der Waals surface area contributed by atoms with Crippen LogP contribution in [-0.2, 0) is 11.3 Å². The van der Waals surface area contributed by atoms with Crippen LogP contribution < -0.4 is 10.1 Å². The maximum atomic E-state index is 5.85. The molecule has 4 heteroatoms. The minimum Gasteiger partial charge on any atom is -0.491 e. The molecule has 1 aromatic rings. The van der Waals surface area contributed by atoms with Crippen LogP contribution in [0.25, 0.3) is 0 Å². The van der Waals surface area contributed by atoms with Crippen LogP contribution in [0.15, 0.2) is 24.3 Å². The highest BCUT2D eigenvalue weighted by atomic mass is 16.5.